The van der Waals surface area contributed by atoms with Crippen molar-refractivity contribution in [1.29, 1.82) is 0 Å². The van der Waals surface area contributed by atoms with Gasteiger partial charge in [0, 0.05) is 53.5 Å². The molecule has 0 aromatic heterocycles. The Hall–Kier alpha value is 0.340. The Morgan fingerprint density at radius 3 is 0.815 bits per heavy atom. The predicted molar refractivity (Wildman–Crippen MR) is 244 cm³/mol. The maximum atomic E-state index is 13.8. The number of carbonyl (C=O) groups excluding carboxylic acids is 4. The highest BCUT2D eigenvalue weighted by Crippen LogP contribution is 2.45. The molecule has 23 heteroatoms. The number of aliphatic hydroxyl groups excluding tert-OH is 9. The van der Waals surface area contributed by atoms with E-state index in [2.05, 4.69) is 21.3 Å². The lowest BCUT2D eigenvalue weighted by Gasteiger charge is -2.30. The van der Waals surface area contributed by atoms with Crippen LogP contribution in [0.4, 0.5) is 0 Å². The maximum absolute atomic E-state index is 13.8. The van der Waals surface area contributed by atoms with Gasteiger partial charge in [-0.15, -0.1) is 0 Å². The Labute approximate surface area is 391 Å². The van der Waals surface area contributed by atoms with Crippen molar-refractivity contribution in [3.05, 3.63) is 54.8 Å². The number of hydrogen-bond donors (Lipinski definition) is 13. The summed E-state index contributed by atoms with van der Waals surface area (Å²) in [7, 11) is 0. The van der Waals surface area contributed by atoms with Crippen molar-refractivity contribution in [1.82, 2.24) is 21.3 Å². The Morgan fingerprint density at radius 2 is 0.648 bits per heavy atom. The number of hydrogen-bond acceptors (Lipinski definition) is 13. The average molecular weight is 1440 g/mol. The van der Waals surface area contributed by atoms with Gasteiger partial charge in [-0.1, -0.05) is 0 Å². The predicted octanol–water partition coefficient (Wildman–Crippen LogP) is -0.841. The van der Waals surface area contributed by atoms with Crippen LogP contribution in [-0.4, -0.2) is 153 Å². The number of benzene rings is 2. The minimum atomic E-state index is -1.34. The number of halogens is 6. The van der Waals surface area contributed by atoms with E-state index in [9.17, 15) is 65.1 Å². The molecule has 5 unspecified atom stereocenters. The van der Waals surface area contributed by atoms with Crippen LogP contribution in [0.1, 0.15) is 65.4 Å². The third-order valence-corrected chi connectivity index (χ3v) is 14.2. The van der Waals surface area contributed by atoms with Crippen LogP contribution in [0, 0.1) is 21.4 Å². The third-order valence-electron chi connectivity index (χ3n) is 7.55. The fourth-order valence-electron chi connectivity index (χ4n) is 4.79. The molecule has 0 fully saturated rings. The van der Waals surface area contributed by atoms with Crippen LogP contribution >= 0.6 is 136 Å². The van der Waals surface area contributed by atoms with Crippen LogP contribution in [0.15, 0.2) is 0 Å². The molecule has 4 amide bonds. The average Bonchev–Trinajstić information content (AvgIpc) is 3.12. The summed E-state index contributed by atoms with van der Waals surface area (Å²) < 4.78 is 1.28. The van der Waals surface area contributed by atoms with Crippen molar-refractivity contribution in [2.45, 2.75) is 43.4 Å². The van der Waals surface area contributed by atoms with Gasteiger partial charge in [0.25, 0.3) is 23.6 Å². The van der Waals surface area contributed by atoms with Crippen LogP contribution < -0.4 is 21.3 Å². The fourth-order valence-corrected chi connectivity index (χ4v) is 14.4. The molecule has 0 aliphatic heterocycles. The van der Waals surface area contributed by atoms with E-state index in [0.29, 0.717) is 0 Å². The van der Waals surface area contributed by atoms with Crippen molar-refractivity contribution >= 4 is 159 Å². The number of carbonyl (C=O) groups is 4. The second kappa shape index (κ2) is 23.8. The molecule has 0 aliphatic rings. The molecule has 0 spiro atoms. The van der Waals surface area contributed by atoms with E-state index in [1.54, 1.807) is 45.2 Å². The molecule has 54 heavy (non-hydrogen) atoms. The lowest BCUT2D eigenvalue weighted by molar-refractivity contribution is 0.0792. The van der Waals surface area contributed by atoms with E-state index < -0.39 is 86.5 Å². The molecular weight excluding hydrogens is 1400 g/mol. The second-order valence-electron chi connectivity index (χ2n) is 11.6. The van der Waals surface area contributed by atoms with Gasteiger partial charge in [0.1, 0.15) is 0 Å². The van der Waals surface area contributed by atoms with Gasteiger partial charge in [0.2, 0.25) is 0 Å². The largest absolute Gasteiger partial charge is 0.394 e. The molecule has 0 saturated heterocycles. The molecule has 2 aromatic rings. The van der Waals surface area contributed by atoms with Gasteiger partial charge in [0.15, 0.2) is 0 Å². The monoisotopic (exact) mass is 1440 g/mol. The summed E-state index contributed by atoms with van der Waals surface area (Å²) in [6.07, 6.45) is -6.56. The molecule has 5 atom stereocenters. The Morgan fingerprint density at radius 1 is 0.444 bits per heavy atom. The quantitative estimate of drug-likeness (QED) is 0.0766. The van der Waals surface area contributed by atoms with E-state index >= 15 is 0 Å². The van der Waals surface area contributed by atoms with Gasteiger partial charge in [-0.3, -0.25) is 19.2 Å². The summed E-state index contributed by atoms with van der Waals surface area (Å²) in [6, 6.07) is 0. The molecule has 17 nitrogen and oxygen atoms in total. The van der Waals surface area contributed by atoms with Crippen LogP contribution in [0.5, 0.6) is 0 Å². The van der Waals surface area contributed by atoms with Crippen LogP contribution in [0.2, 0.25) is 0 Å². The summed E-state index contributed by atoms with van der Waals surface area (Å²) >= 11 is 11.1. The van der Waals surface area contributed by atoms with Crippen molar-refractivity contribution in [3.8, 4) is 0 Å². The van der Waals surface area contributed by atoms with Crippen LogP contribution in [-0.2, 0) is 0 Å². The minimum absolute atomic E-state index is 0.0438. The summed E-state index contributed by atoms with van der Waals surface area (Å²) in [5.74, 6) is -4.18. The van der Waals surface area contributed by atoms with Crippen molar-refractivity contribution in [2.24, 2.45) is 0 Å². The SMILES string of the molecule is CC(O)C(c1c(I)c(C(=O)NCC(O)CO)c(I)c(C(=O)NCC(O)CO)c1I)c1c(I)c(C(=O)NCC(O)CO)c(I)c(C(=O)NCC(O)CO)c1I. The molecule has 0 radical (unpaired) electrons. The minimum Gasteiger partial charge on any atom is -0.394 e. The first-order valence-electron chi connectivity index (χ1n) is 15.7. The Bertz CT molecular complexity index is 1480. The van der Waals surface area contributed by atoms with Crippen molar-refractivity contribution in [3.63, 3.8) is 0 Å². The molecule has 0 bridgehead atoms. The topological polar surface area (TPSA) is 298 Å². The fraction of sp³-hybridized carbons (Fsp3) is 0.484. The van der Waals surface area contributed by atoms with Crippen molar-refractivity contribution in [2.75, 3.05) is 52.6 Å². The molecule has 0 heterocycles. The van der Waals surface area contributed by atoms with E-state index in [4.69, 9.17) is 0 Å². The number of nitrogens with one attached hydrogen (secondary N) is 4. The number of amides is 4. The molecule has 302 valence electrons. The lowest BCUT2D eigenvalue weighted by Crippen LogP contribution is -2.38. The third kappa shape index (κ3) is 12.7. The van der Waals surface area contributed by atoms with Crippen molar-refractivity contribution < 1.29 is 65.1 Å². The highest BCUT2D eigenvalue weighted by Gasteiger charge is 2.38. The lowest BCUT2D eigenvalue weighted by atomic mass is 9.83. The molecule has 2 aromatic carbocycles. The molecular formula is C31H38I6N4O13. The van der Waals surface area contributed by atoms with Gasteiger partial charge in [-0.25, -0.2) is 0 Å². The van der Waals surface area contributed by atoms with Gasteiger partial charge in [0.05, 0.1) is 79.2 Å². The summed E-state index contributed by atoms with van der Waals surface area (Å²) in [6.45, 7) is -2.58. The van der Waals surface area contributed by atoms with E-state index in [1.165, 1.54) is 6.92 Å². The highest BCUT2D eigenvalue weighted by molar-refractivity contribution is 14.1. The van der Waals surface area contributed by atoms with Gasteiger partial charge >= 0.3 is 0 Å². The molecule has 13 N–H and O–H groups in total. The summed E-state index contributed by atoms with van der Waals surface area (Å²) in [4.78, 5) is 55.1. The molecule has 0 aliphatic carbocycles. The van der Waals surface area contributed by atoms with E-state index in [1.807, 2.05) is 90.4 Å². The van der Waals surface area contributed by atoms with Gasteiger partial charge in [-0.2, -0.15) is 0 Å². The van der Waals surface area contributed by atoms with Gasteiger partial charge < -0.3 is 67.2 Å². The Kier molecular flexibility index (Phi) is 22.3. The normalized spacial score (nSPS) is 14.7. The second-order valence-corrected chi connectivity index (χ2v) is 18.1. The zero-order valence-electron chi connectivity index (χ0n) is 28.0. The zero-order chi connectivity index (χ0) is 41.2. The maximum Gasteiger partial charge on any atom is 0.253 e. The summed E-state index contributed by atoms with van der Waals surface area (Å²) in [5, 5.41) is 98.8. The zero-order valence-corrected chi connectivity index (χ0v) is 41.0. The van der Waals surface area contributed by atoms with Crippen LogP contribution in [0.3, 0.4) is 0 Å². The van der Waals surface area contributed by atoms with Crippen LogP contribution in [0.25, 0.3) is 0 Å². The molecule has 0 saturated carbocycles. The van der Waals surface area contributed by atoms with E-state index in [-0.39, 0.29) is 81.0 Å². The molecule has 2 rings (SSSR count). The Balaban J connectivity index is 3.14. The van der Waals surface area contributed by atoms with Gasteiger partial charge in [-0.05, 0) is 154 Å². The standard InChI is InChI=1S/C31H38I6N4O13/c1-10(46)15(16-22(32)18(28(51)38-2-11(47)6-42)26(36)19(23(16)33)29(52)39-3-12(48)7-43)17-24(34)20(30(53)40-4-13(49)8-44)27(37)21(25(17)35)31(54)41-5-14(50)9-45/h10-15,42-50H,2-9H2,1H3,(H,38,51)(H,39,52)(H,40,53)(H,41,54). The first-order valence-corrected chi connectivity index (χ1v) is 22.1. The smallest absolute Gasteiger partial charge is 0.253 e. The van der Waals surface area contributed by atoms with E-state index in [0.717, 1.165) is 0 Å². The number of rotatable bonds is 19. The summed E-state index contributed by atoms with van der Waals surface area (Å²) in [5.41, 5.74) is 0.285. The highest BCUT2D eigenvalue weighted by atomic mass is 127. The first-order chi connectivity index (χ1) is 25.3. The first kappa shape index (κ1) is 50.5. The number of aliphatic hydroxyl groups is 9.